The molecular weight excluding hydrogens is 403 g/mol. The molecule has 0 atom stereocenters. The standard InChI is InChI=1S/C24H20F3N3O/c1-3-22(31)29-12-9-18-14-20(19-10-13-30(2)23(19)21(18)15-28)17-6-4-16(5-7-17)8-11-24(25,26)27/h3-8,10-11,13-14H,1,9,12H2,2H3,(H,29,31)/b11-8-. The quantitative estimate of drug-likeness (QED) is 0.559. The third-order valence-corrected chi connectivity index (χ3v) is 4.92. The van der Waals surface area contributed by atoms with Crippen LogP contribution < -0.4 is 5.32 Å². The van der Waals surface area contributed by atoms with Crippen molar-refractivity contribution < 1.29 is 18.0 Å². The number of nitrogens with one attached hydrogen (secondary N) is 1. The lowest BCUT2D eigenvalue weighted by atomic mass is 9.93. The van der Waals surface area contributed by atoms with Crippen molar-refractivity contribution in [1.82, 2.24) is 9.88 Å². The predicted octanol–water partition coefficient (Wildman–Crippen LogP) is 5.14. The van der Waals surface area contributed by atoms with E-state index in [-0.39, 0.29) is 12.0 Å². The molecule has 1 N–H and O–H groups in total. The Kier molecular flexibility index (Phi) is 6.30. The van der Waals surface area contributed by atoms with Crippen LogP contribution in [0.5, 0.6) is 0 Å². The third-order valence-electron chi connectivity index (χ3n) is 4.92. The van der Waals surface area contributed by atoms with Crippen LogP contribution in [-0.4, -0.2) is 23.2 Å². The number of hydrogen-bond donors (Lipinski definition) is 1. The lowest BCUT2D eigenvalue weighted by Crippen LogP contribution is -2.23. The van der Waals surface area contributed by atoms with E-state index in [2.05, 4.69) is 18.0 Å². The molecule has 158 valence electrons. The molecule has 2 aromatic carbocycles. The number of amides is 1. The highest BCUT2D eigenvalue weighted by atomic mass is 19.4. The molecule has 0 saturated heterocycles. The van der Waals surface area contributed by atoms with Crippen molar-refractivity contribution in [3.63, 3.8) is 0 Å². The Bertz CT molecular complexity index is 1200. The fourth-order valence-electron chi connectivity index (χ4n) is 3.45. The van der Waals surface area contributed by atoms with Crippen molar-refractivity contribution in [3.05, 3.63) is 78.0 Å². The second-order valence-corrected chi connectivity index (χ2v) is 7.00. The minimum absolute atomic E-state index is 0.203. The zero-order valence-corrected chi connectivity index (χ0v) is 16.8. The van der Waals surface area contributed by atoms with Crippen molar-refractivity contribution in [2.45, 2.75) is 12.6 Å². The molecule has 0 aliphatic carbocycles. The zero-order chi connectivity index (χ0) is 22.6. The normalized spacial score (nSPS) is 11.6. The van der Waals surface area contributed by atoms with E-state index in [0.717, 1.165) is 33.7 Å². The van der Waals surface area contributed by atoms with Crippen LogP contribution in [0.2, 0.25) is 0 Å². The van der Waals surface area contributed by atoms with Gasteiger partial charge in [0.05, 0.1) is 11.1 Å². The first kappa shape index (κ1) is 21.9. The molecule has 0 fully saturated rings. The van der Waals surface area contributed by atoms with Crippen molar-refractivity contribution in [2.24, 2.45) is 7.05 Å². The molecule has 0 bridgehead atoms. The second kappa shape index (κ2) is 8.92. The number of nitrogens with zero attached hydrogens (tertiary/aromatic N) is 2. The summed E-state index contributed by atoms with van der Waals surface area (Å²) < 4.78 is 39.1. The van der Waals surface area contributed by atoms with Gasteiger partial charge in [0.25, 0.3) is 0 Å². The monoisotopic (exact) mass is 423 g/mol. The summed E-state index contributed by atoms with van der Waals surface area (Å²) in [5, 5.41) is 13.4. The summed E-state index contributed by atoms with van der Waals surface area (Å²) in [4.78, 5) is 11.4. The number of rotatable bonds is 6. The molecule has 0 spiro atoms. The van der Waals surface area contributed by atoms with Gasteiger partial charge in [-0.2, -0.15) is 18.4 Å². The van der Waals surface area contributed by atoms with Crippen LogP contribution in [-0.2, 0) is 18.3 Å². The highest BCUT2D eigenvalue weighted by Crippen LogP contribution is 2.34. The minimum Gasteiger partial charge on any atom is -0.352 e. The molecule has 7 heteroatoms. The summed E-state index contributed by atoms with van der Waals surface area (Å²) in [6, 6.07) is 12.8. The van der Waals surface area contributed by atoms with E-state index in [4.69, 9.17) is 0 Å². The van der Waals surface area contributed by atoms with E-state index in [1.54, 1.807) is 24.3 Å². The molecule has 0 unspecified atom stereocenters. The predicted molar refractivity (Wildman–Crippen MR) is 115 cm³/mol. The maximum absolute atomic E-state index is 12.4. The van der Waals surface area contributed by atoms with Crippen molar-refractivity contribution >= 4 is 22.9 Å². The Morgan fingerprint density at radius 3 is 2.58 bits per heavy atom. The van der Waals surface area contributed by atoms with Gasteiger partial charge in [-0.1, -0.05) is 36.9 Å². The first-order valence-corrected chi connectivity index (χ1v) is 9.51. The molecular formula is C24H20F3N3O. The van der Waals surface area contributed by atoms with Gasteiger partial charge in [-0.05, 0) is 46.9 Å². The molecule has 1 amide bonds. The van der Waals surface area contributed by atoms with Crippen LogP contribution in [0, 0.1) is 11.3 Å². The van der Waals surface area contributed by atoms with Crippen LogP contribution in [0.25, 0.3) is 28.1 Å². The van der Waals surface area contributed by atoms with E-state index < -0.39 is 6.18 Å². The molecule has 0 saturated carbocycles. The number of benzene rings is 2. The average molecular weight is 423 g/mol. The lowest BCUT2D eigenvalue weighted by molar-refractivity contribution is -0.116. The molecule has 1 heterocycles. The first-order valence-electron chi connectivity index (χ1n) is 9.51. The zero-order valence-electron chi connectivity index (χ0n) is 16.8. The second-order valence-electron chi connectivity index (χ2n) is 7.00. The Morgan fingerprint density at radius 2 is 1.97 bits per heavy atom. The number of fused-ring (bicyclic) bond motifs is 1. The van der Waals surface area contributed by atoms with Gasteiger partial charge in [-0.3, -0.25) is 4.79 Å². The highest BCUT2D eigenvalue weighted by molar-refractivity contribution is 5.99. The van der Waals surface area contributed by atoms with Gasteiger partial charge in [-0.15, -0.1) is 0 Å². The molecule has 0 radical (unpaired) electrons. The number of aryl methyl sites for hydroxylation is 1. The lowest BCUT2D eigenvalue weighted by Gasteiger charge is -2.13. The molecule has 3 rings (SSSR count). The van der Waals surface area contributed by atoms with Crippen LogP contribution >= 0.6 is 0 Å². The van der Waals surface area contributed by atoms with E-state index in [0.29, 0.717) is 24.1 Å². The Balaban J connectivity index is 2.04. The average Bonchev–Trinajstić information content (AvgIpc) is 3.13. The van der Waals surface area contributed by atoms with Gasteiger partial charge < -0.3 is 9.88 Å². The van der Waals surface area contributed by atoms with Crippen LogP contribution in [0.4, 0.5) is 13.2 Å². The maximum Gasteiger partial charge on any atom is 0.409 e. The smallest absolute Gasteiger partial charge is 0.352 e. The summed E-state index contributed by atoms with van der Waals surface area (Å²) in [6.07, 6.45) is 0.356. The van der Waals surface area contributed by atoms with E-state index >= 15 is 0 Å². The van der Waals surface area contributed by atoms with Gasteiger partial charge >= 0.3 is 6.18 Å². The van der Waals surface area contributed by atoms with Gasteiger partial charge in [0.15, 0.2) is 0 Å². The molecule has 31 heavy (non-hydrogen) atoms. The van der Waals surface area contributed by atoms with Crippen LogP contribution in [0.3, 0.4) is 0 Å². The number of alkyl halides is 3. The van der Waals surface area contributed by atoms with Crippen molar-refractivity contribution in [1.29, 1.82) is 5.26 Å². The summed E-state index contributed by atoms with van der Waals surface area (Å²) in [5.74, 6) is -0.291. The Hall–Kier alpha value is -3.79. The number of allylic oxidation sites excluding steroid dienone is 1. The SMILES string of the molecule is C=CC(=O)NCCc1cc(-c2ccc(/C=C\C(F)(F)F)cc2)c2ccn(C)c2c1C#N. The Labute approximate surface area is 177 Å². The number of hydrogen-bond acceptors (Lipinski definition) is 2. The highest BCUT2D eigenvalue weighted by Gasteiger charge is 2.21. The number of carbonyl (C=O) groups is 1. The van der Waals surface area contributed by atoms with Gasteiger partial charge in [-0.25, -0.2) is 0 Å². The van der Waals surface area contributed by atoms with Crippen LogP contribution in [0.1, 0.15) is 16.7 Å². The van der Waals surface area contributed by atoms with Gasteiger partial charge in [0.1, 0.15) is 6.07 Å². The molecule has 0 aliphatic rings. The fourth-order valence-corrected chi connectivity index (χ4v) is 3.45. The molecule has 3 aromatic rings. The molecule has 1 aromatic heterocycles. The largest absolute Gasteiger partial charge is 0.409 e. The molecule has 4 nitrogen and oxygen atoms in total. The summed E-state index contributed by atoms with van der Waals surface area (Å²) in [6.45, 7) is 3.76. The molecule has 0 aliphatic heterocycles. The summed E-state index contributed by atoms with van der Waals surface area (Å²) >= 11 is 0. The van der Waals surface area contributed by atoms with E-state index in [1.807, 2.05) is 29.9 Å². The Morgan fingerprint density at radius 1 is 1.26 bits per heavy atom. The van der Waals surface area contributed by atoms with Gasteiger partial charge in [0, 0.05) is 31.3 Å². The topological polar surface area (TPSA) is 57.8 Å². The number of aromatic nitrogens is 1. The van der Waals surface area contributed by atoms with Gasteiger partial charge in [0.2, 0.25) is 5.91 Å². The third kappa shape index (κ3) is 5.04. The first-order chi connectivity index (χ1) is 14.7. The van der Waals surface area contributed by atoms with Crippen LogP contribution in [0.15, 0.2) is 61.3 Å². The van der Waals surface area contributed by atoms with Crippen molar-refractivity contribution in [3.8, 4) is 17.2 Å². The van der Waals surface area contributed by atoms with Crippen molar-refractivity contribution in [2.75, 3.05) is 6.54 Å². The van der Waals surface area contributed by atoms with E-state index in [1.165, 1.54) is 6.08 Å². The summed E-state index contributed by atoms with van der Waals surface area (Å²) in [7, 11) is 1.85. The minimum atomic E-state index is -4.36. The fraction of sp³-hybridized carbons (Fsp3) is 0.167. The number of halogens is 3. The maximum atomic E-state index is 12.4. The summed E-state index contributed by atoms with van der Waals surface area (Å²) in [5.41, 5.74) is 4.20. The number of nitriles is 1. The number of carbonyl (C=O) groups excluding carboxylic acids is 1. The van der Waals surface area contributed by atoms with E-state index in [9.17, 15) is 23.2 Å².